The van der Waals surface area contributed by atoms with Crippen molar-refractivity contribution in [1.82, 2.24) is 0 Å². The Balaban J connectivity index is 2.50. The third-order valence-electron chi connectivity index (χ3n) is 2.15. The first-order valence-electron chi connectivity index (χ1n) is 5.34. The van der Waals surface area contributed by atoms with E-state index in [0.717, 1.165) is 5.56 Å². The van der Waals surface area contributed by atoms with Crippen molar-refractivity contribution in [3.63, 3.8) is 0 Å². The van der Waals surface area contributed by atoms with Gasteiger partial charge in [-0.05, 0) is 31.5 Å². The Morgan fingerprint density at radius 2 is 2.11 bits per heavy atom. The molecule has 0 aliphatic heterocycles. The van der Waals surface area contributed by atoms with Crippen LogP contribution in [0, 0.1) is 6.92 Å². The normalized spacial score (nSPS) is 13.2. The van der Waals surface area contributed by atoms with Crippen LogP contribution in [0.15, 0.2) is 24.3 Å². The summed E-state index contributed by atoms with van der Waals surface area (Å²) < 4.78 is 40.1. The molecule has 0 heterocycles. The number of carbonyl (C=O) groups excluding carboxylic acids is 1. The molecule has 1 aromatic rings. The van der Waals surface area contributed by atoms with E-state index in [0.29, 0.717) is 5.69 Å². The predicted octanol–water partition coefficient (Wildman–Crippen LogP) is 2.90. The molecule has 1 unspecified atom stereocenters. The zero-order valence-corrected chi connectivity index (χ0v) is 10.0. The van der Waals surface area contributed by atoms with E-state index in [-0.39, 0.29) is 0 Å². The molecule has 6 heteroatoms. The third kappa shape index (κ3) is 5.18. The van der Waals surface area contributed by atoms with Gasteiger partial charge in [0.25, 0.3) is 5.91 Å². The molecule has 1 N–H and O–H groups in total. The molecule has 0 saturated carbocycles. The summed E-state index contributed by atoms with van der Waals surface area (Å²) in [6, 6.07) is 6.96. The average Bonchev–Trinajstić information content (AvgIpc) is 2.24. The lowest BCUT2D eigenvalue weighted by Gasteiger charge is -2.14. The van der Waals surface area contributed by atoms with Crippen LogP contribution in [-0.4, -0.2) is 24.8 Å². The minimum Gasteiger partial charge on any atom is -0.359 e. The van der Waals surface area contributed by atoms with Gasteiger partial charge >= 0.3 is 6.18 Å². The smallest absolute Gasteiger partial charge is 0.359 e. The number of nitrogens with one attached hydrogen (secondary N) is 1. The summed E-state index contributed by atoms with van der Waals surface area (Å²) in [6.07, 6.45) is -5.59. The van der Waals surface area contributed by atoms with Crippen molar-refractivity contribution in [1.29, 1.82) is 0 Å². The van der Waals surface area contributed by atoms with Crippen LogP contribution in [0.5, 0.6) is 0 Å². The summed E-state index contributed by atoms with van der Waals surface area (Å²) in [6.45, 7) is 1.69. The number of rotatable bonds is 4. The van der Waals surface area contributed by atoms with Crippen molar-refractivity contribution in [3.8, 4) is 0 Å². The molecule has 100 valence electrons. The van der Waals surface area contributed by atoms with Crippen molar-refractivity contribution in [2.75, 3.05) is 11.9 Å². The zero-order valence-electron chi connectivity index (χ0n) is 10.0. The highest BCUT2D eigenvalue weighted by atomic mass is 19.4. The van der Waals surface area contributed by atoms with E-state index in [2.05, 4.69) is 10.1 Å². The van der Waals surface area contributed by atoms with Gasteiger partial charge < -0.3 is 10.1 Å². The average molecular weight is 261 g/mol. The summed E-state index contributed by atoms with van der Waals surface area (Å²) in [5.41, 5.74) is 1.47. The largest absolute Gasteiger partial charge is 0.411 e. The summed E-state index contributed by atoms with van der Waals surface area (Å²) in [4.78, 5) is 11.5. The van der Waals surface area contributed by atoms with Gasteiger partial charge in [0.05, 0.1) is 0 Å². The number of aryl methyl sites for hydroxylation is 1. The first-order chi connectivity index (χ1) is 8.28. The quantitative estimate of drug-likeness (QED) is 0.905. The van der Waals surface area contributed by atoms with E-state index in [1.807, 2.05) is 13.0 Å². The monoisotopic (exact) mass is 261 g/mol. The molecule has 0 aliphatic rings. The Morgan fingerprint density at radius 1 is 1.44 bits per heavy atom. The van der Waals surface area contributed by atoms with Gasteiger partial charge in [0.2, 0.25) is 0 Å². The molecule has 1 aromatic carbocycles. The molecular weight excluding hydrogens is 247 g/mol. The van der Waals surface area contributed by atoms with Gasteiger partial charge in [0.1, 0.15) is 12.7 Å². The highest BCUT2D eigenvalue weighted by Crippen LogP contribution is 2.16. The SMILES string of the molecule is Cc1cccc(NC(=O)C(C)OCC(F)(F)F)c1. The number of ether oxygens (including phenoxy) is 1. The predicted molar refractivity (Wildman–Crippen MR) is 61.3 cm³/mol. The van der Waals surface area contributed by atoms with Crippen LogP contribution in [0.2, 0.25) is 0 Å². The maximum Gasteiger partial charge on any atom is 0.411 e. The molecule has 0 aromatic heterocycles. The lowest BCUT2D eigenvalue weighted by atomic mass is 10.2. The highest BCUT2D eigenvalue weighted by Gasteiger charge is 2.29. The Kier molecular flexibility index (Phi) is 4.72. The van der Waals surface area contributed by atoms with Crippen molar-refractivity contribution < 1.29 is 22.7 Å². The Morgan fingerprint density at radius 3 is 2.67 bits per heavy atom. The highest BCUT2D eigenvalue weighted by molar-refractivity contribution is 5.93. The molecule has 0 bridgehead atoms. The first kappa shape index (κ1) is 14.5. The zero-order chi connectivity index (χ0) is 13.8. The summed E-state index contributed by atoms with van der Waals surface area (Å²) in [7, 11) is 0. The van der Waals surface area contributed by atoms with Gasteiger partial charge in [0.15, 0.2) is 0 Å². The fourth-order valence-electron chi connectivity index (χ4n) is 1.26. The maximum absolute atomic E-state index is 11.9. The van der Waals surface area contributed by atoms with Crippen LogP contribution in [0.4, 0.5) is 18.9 Å². The first-order valence-corrected chi connectivity index (χ1v) is 5.34. The molecule has 1 atom stereocenters. The summed E-state index contributed by atoms with van der Waals surface area (Å²) in [5.74, 6) is -0.607. The van der Waals surface area contributed by atoms with E-state index in [1.54, 1.807) is 18.2 Å². The number of carbonyl (C=O) groups is 1. The Bertz CT molecular complexity index is 418. The number of alkyl halides is 3. The van der Waals surface area contributed by atoms with Crippen molar-refractivity contribution in [3.05, 3.63) is 29.8 Å². The van der Waals surface area contributed by atoms with Crippen LogP contribution < -0.4 is 5.32 Å². The Hall–Kier alpha value is -1.56. The third-order valence-corrected chi connectivity index (χ3v) is 2.15. The second-order valence-corrected chi connectivity index (χ2v) is 3.93. The maximum atomic E-state index is 11.9. The van der Waals surface area contributed by atoms with E-state index in [1.165, 1.54) is 6.92 Å². The minimum atomic E-state index is -4.43. The van der Waals surface area contributed by atoms with Crippen molar-refractivity contribution >= 4 is 11.6 Å². The lowest BCUT2D eigenvalue weighted by Crippen LogP contribution is -2.31. The van der Waals surface area contributed by atoms with Gasteiger partial charge in [-0.2, -0.15) is 13.2 Å². The van der Waals surface area contributed by atoms with Crippen LogP contribution >= 0.6 is 0 Å². The fraction of sp³-hybridized carbons (Fsp3) is 0.417. The van der Waals surface area contributed by atoms with E-state index >= 15 is 0 Å². The molecule has 0 radical (unpaired) electrons. The number of hydrogen-bond donors (Lipinski definition) is 1. The number of halogens is 3. The number of hydrogen-bond acceptors (Lipinski definition) is 2. The number of amides is 1. The topological polar surface area (TPSA) is 38.3 Å². The van der Waals surface area contributed by atoms with E-state index < -0.39 is 24.8 Å². The molecular formula is C12H14F3NO2. The van der Waals surface area contributed by atoms with Gasteiger partial charge in [-0.15, -0.1) is 0 Å². The molecule has 3 nitrogen and oxygen atoms in total. The number of benzene rings is 1. The fourth-order valence-corrected chi connectivity index (χ4v) is 1.26. The van der Waals surface area contributed by atoms with Crippen LogP contribution in [0.3, 0.4) is 0 Å². The van der Waals surface area contributed by atoms with E-state index in [9.17, 15) is 18.0 Å². The molecule has 18 heavy (non-hydrogen) atoms. The van der Waals surface area contributed by atoms with Gasteiger partial charge in [0, 0.05) is 5.69 Å². The molecule has 0 spiro atoms. The summed E-state index contributed by atoms with van der Waals surface area (Å²) in [5, 5.41) is 2.49. The second kappa shape index (κ2) is 5.86. The molecule has 0 fully saturated rings. The standard InChI is InChI=1S/C12H14F3NO2/c1-8-4-3-5-10(6-8)16-11(17)9(2)18-7-12(13,14)15/h3-6,9H,7H2,1-2H3,(H,16,17). The number of anilines is 1. The Labute approximate surface area is 103 Å². The van der Waals surface area contributed by atoms with E-state index in [4.69, 9.17) is 0 Å². The van der Waals surface area contributed by atoms with Crippen molar-refractivity contribution in [2.24, 2.45) is 0 Å². The van der Waals surface area contributed by atoms with Crippen LogP contribution in [0.25, 0.3) is 0 Å². The lowest BCUT2D eigenvalue weighted by molar-refractivity contribution is -0.184. The second-order valence-electron chi connectivity index (χ2n) is 3.93. The molecule has 1 amide bonds. The van der Waals surface area contributed by atoms with Gasteiger partial charge in [-0.1, -0.05) is 12.1 Å². The molecule has 1 rings (SSSR count). The van der Waals surface area contributed by atoms with Gasteiger partial charge in [-0.3, -0.25) is 4.79 Å². The van der Waals surface area contributed by atoms with Crippen molar-refractivity contribution in [2.45, 2.75) is 26.1 Å². The van der Waals surface area contributed by atoms with Gasteiger partial charge in [-0.25, -0.2) is 0 Å². The van der Waals surface area contributed by atoms with Crippen LogP contribution in [-0.2, 0) is 9.53 Å². The molecule has 0 saturated heterocycles. The molecule has 0 aliphatic carbocycles. The minimum absolute atomic E-state index is 0.530. The van der Waals surface area contributed by atoms with Crippen LogP contribution in [0.1, 0.15) is 12.5 Å². The summed E-state index contributed by atoms with van der Waals surface area (Å²) >= 11 is 0.